The second kappa shape index (κ2) is 9.72. The lowest BCUT2D eigenvalue weighted by Gasteiger charge is -2.30. The van der Waals surface area contributed by atoms with Crippen LogP contribution in [0, 0.1) is 6.92 Å². The molecule has 2 aromatic carbocycles. The van der Waals surface area contributed by atoms with Gasteiger partial charge in [0, 0.05) is 6.54 Å². The zero-order valence-corrected chi connectivity index (χ0v) is 17.9. The van der Waals surface area contributed by atoms with Crippen LogP contribution in [0.1, 0.15) is 41.5 Å². The van der Waals surface area contributed by atoms with Gasteiger partial charge < -0.3 is 5.32 Å². The number of aryl methyl sites for hydroxylation is 1. The highest BCUT2D eigenvalue weighted by molar-refractivity contribution is 6.33. The Labute approximate surface area is 177 Å². The topological polar surface area (TPSA) is 50.2 Å². The van der Waals surface area contributed by atoms with Crippen molar-refractivity contribution < 1.29 is 4.79 Å². The number of nitrogens with one attached hydrogen (secondary N) is 1. The van der Waals surface area contributed by atoms with Gasteiger partial charge >= 0.3 is 0 Å². The zero-order chi connectivity index (χ0) is 20.8. The molecular weight excluding hydrogens is 384 g/mol. The number of carbonyl (C=O) groups excluding carboxylic acids is 1. The number of aromatic nitrogens is 2. The smallest absolute Gasteiger partial charge is 0.256 e. The van der Waals surface area contributed by atoms with Crippen molar-refractivity contribution in [2.45, 2.75) is 26.8 Å². The largest absolute Gasteiger partial charge is 0.350 e. The van der Waals surface area contributed by atoms with E-state index in [1.54, 1.807) is 11.6 Å². The molecule has 6 heteroatoms. The first-order valence-corrected chi connectivity index (χ1v) is 10.3. The van der Waals surface area contributed by atoms with Crippen molar-refractivity contribution in [3.63, 3.8) is 0 Å². The van der Waals surface area contributed by atoms with E-state index in [0.717, 1.165) is 18.8 Å². The number of carbonyl (C=O) groups is 1. The van der Waals surface area contributed by atoms with Gasteiger partial charge in [-0.05, 0) is 37.7 Å². The molecule has 29 heavy (non-hydrogen) atoms. The highest BCUT2D eigenvalue weighted by Crippen LogP contribution is 2.24. The summed E-state index contributed by atoms with van der Waals surface area (Å²) < 4.78 is 1.60. The van der Waals surface area contributed by atoms with Gasteiger partial charge in [-0.1, -0.05) is 74.0 Å². The van der Waals surface area contributed by atoms with E-state index < -0.39 is 0 Å². The average molecular weight is 411 g/mol. The summed E-state index contributed by atoms with van der Waals surface area (Å²) in [4.78, 5) is 15.3. The van der Waals surface area contributed by atoms with Gasteiger partial charge in [0.25, 0.3) is 5.91 Å². The van der Waals surface area contributed by atoms with Gasteiger partial charge in [-0.3, -0.25) is 9.69 Å². The van der Waals surface area contributed by atoms with Gasteiger partial charge in [0.05, 0.1) is 23.0 Å². The summed E-state index contributed by atoms with van der Waals surface area (Å²) in [5, 5.41) is 7.87. The lowest BCUT2D eigenvalue weighted by molar-refractivity contribution is 0.0934. The van der Waals surface area contributed by atoms with E-state index >= 15 is 0 Å². The highest BCUT2D eigenvalue weighted by Gasteiger charge is 2.23. The van der Waals surface area contributed by atoms with Crippen molar-refractivity contribution in [3.05, 3.63) is 82.6 Å². The van der Waals surface area contributed by atoms with E-state index in [0.29, 0.717) is 23.0 Å². The fourth-order valence-corrected chi connectivity index (χ4v) is 3.93. The molecule has 3 rings (SSSR count). The molecule has 1 unspecified atom stereocenters. The minimum atomic E-state index is -0.206. The Morgan fingerprint density at radius 1 is 1.07 bits per heavy atom. The fourth-order valence-electron chi connectivity index (χ4n) is 3.57. The number of rotatable bonds is 8. The SMILES string of the molecule is CCN(CC)C(CNC(=O)c1c(C)nn(-c2ccccc2)c1Cl)c1ccccc1. The molecule has 1 atom stereocenters. The summed E-state index contributed by atoms with van der Waals surface area (Å²) >= 11 is 6.54. The molecule has 1 amide bonds. The Bertz CT molecular complexity index is 936. The van der Waals surface area contributed by atoms with Crippen LogP contribution < -0.4 is 5.32 Å². The zero-order valence-electron chi connectivity index (χ0n) is 17.1. The Balaban J connectivity index is 1.81. The summed E-state index contributed by atoms with van der Waals surface area (Å²) in [6, 6.07) is 19.9. The molecule has 152 valence electrons. The number of hydrogen-bond acceptors (Lipinski definition) is 3. The van der Waals surface area contributed by atoms with Crippen LogP contribution in [-0.4, -0.2) is 40.2 Å². The maximum atomic E-state index is 13.0. The fraction of sp³-hybridized carbons (Fsp3) is 0.304. The standard InChI is InChI=1S/C23H27ClN4O/c1-4-27(5-2)20(18-12-8-6-9-13-18)16-25-23(29)21-17(3)26-28(22(21)24)19-14-10-7-11-15-19/h6-15,20H,4-5,16H2,1-3H3,(H,25,29). The monoisotopic (exact) mass is 410 g/mol. The van der Waals surface area contributed by atoms with E-state index in [1.807, 2.05) is 48.5 Å². The Morgan fingerprint density at radius 2 is 1.66 bits per heavy atom. The third kappa shape index (κ3) is 4.69. The molecule has 0 aliphatic heterocycles. The lowest BCUT2D eigenvalue weighted by Crippen LogP contribution is -2.38. The third-order valence-electron chi connectivity index (χ3n) is 5.13. The van der Waals surface area contributed by atoms with Crippen molar-refractivity contribution in [1.82, 2.24) is 20.0 Å². The maximum absolute atomic E-state index is 13.0. The molecular formula is C23H27ClN4O. The number of likely N-dealkylation sites (N-methyl/N-ethyl adjacent to an activating group) is 1. The molecule has 0 radical (unpaired) electrons. The molecule has 3 aromatic rings. The molecule has 0 aliphatic rings. The minimum absolute atomic E-state index is 0.0957. The molecule has 0 bridgehead atoms. The van der Waals surface area contributed by atoms with Crippen molar-refractivity contribution in [2.75, 3.05) is 19.6 Å². The summed E-state index contributed by atoms with van der Waals surface area (Å²) in [6.07, 6.45) is 0. The van der Waals surface area contributed by atoms with Gasteiger partial charge in [-0.25, -0.2) is 4.68 Å². The molecule has 0 aliphatic carbocycles. The molecule has 5 nitrogen and oxygen atoms in total. The van der Waals surface area contributed by atoms with Gasteiger partial charge in [0.15, 0.2) is 0 Å². The second-order valence-electron chi connectivity index (χ2n) is 6.86. The molecule has 0 fully saturated rings. The number of para-hydroxylation sites is 1. The van der Waals surface area contributed by atoms with Crippen LogP contribution in [0.4, 0.5) is 0 Å². The van der Waals surface area contributed by atoms with Crippen LogP contribution in [0.5, 0.6) is 0 Å². The molecule has 1 N–H and O–H groups in total. The van der Waals surface area contributed by atoms with Crippen molar-refractivity contribution in [2.24, 2.45) is 0 Å². The van der Waals surface area contributed by atoms with Gasteiger partial charge in [0.2, 0.25) is 0 Å². The number of hydrogen-bond donors (Lipinski definition) is 1. The molecule has 0 saturated heterocycles. The van der Waals surface area contributed by atoms with Crippen LogP contribution in [-0.2, 0) is 0 Å². The Morgan fingerprint density at radius 3 is 2.24 bits per heavy atom. The lowest BCUT2D eigenvalue weighted by atomic mass is 10.0. The summed E-state index contributed by atoms with van der Waals surface area (Å²) in [5.41, 5.74) is 3.03. The Hall–Kier alpha value is -2.63. The summed E-state index contributed by atoms with van der Waals surface area (Å²) in [5.74, 6) is -0.206. The number of nitrogens with zero attached hydrogens (tertiary/aromatic N) is 3. The van der Waals surface area contributed by atoms with E-state index in [-0.39, 0.29) is 11.9 Å². The van der Waals surface area contributed by atoms with Crippen molar-refractivity contribution in [3.8, 4) is 5.69 Å². The molecule has 0 saturated carbocycles. The van der Waals surface area contributed by atoms with Crippen LogP contribution in [0.3, 0.4) is 0 Å². The van der Waals surface area contributed by atoms with E-state index in [2.05, 4.69) is 41.3 Å². The quantitative estimate of drug-likeness (QED) is 0.588. The number of halogens is 1. The Kier molecular flexibility index (Phi) is 7.07. The highest BCUT2D eigenvalue weighted by atomic mass is 35.5. The average Bonchev–Trinajstić information content (AvgIpc) is 3.06. The normalized spacial score (nSPS) is 12.2. The van der Waals surface area contributed by atoms with Crippen LogP contribution in [0.15, 0.2) is 60.7 Å². The van der Waals surface area contributed by atoms with Crippen LogP contribution >= 0.6 is 11.6 Å². The van der Waals surface area contributed by atoms with Crippen molar-refractivity contribution in [1.29, 1.82) is 0 Å². The predicted molar refractivity (Wildman–Crippen MR) is 118 cm³/mol. The maximum Gasteiger partial charge on any atom is 0.256 e. The minimum Gasteiger partial charge on any atom is -0.350 e. The van der Waals surface area contributed by atoms with Crippen LogP contribution in [0.2, 0.25) is 5.15 Å². The van der Waals surface area contributed by atoms with E-state index in [9.17, 15) is 4.79 Å². The molecule has 0 spiro atoms. The first-order valence-electron chi connectivity index (χ1n) is 9.94. The van der Waals surface area contributed by atoms with E-state index in [4.69, 9.17) is 11.6 Å². The number of amides is 1. The first-order chi connectivity index (χ1) is 14.1. The van der Waals surface area contributed by atoms with Gasteiger partial charge in [-0.15, -0.1) is 0 Å². The summed E-state index contributed by atoms with van der Waals surface area (Å²) in [7, 11) is 0. The molecule has 1 heterocycles. The van der Waals surface area contributed by atoms with Gasteiger partial charge in [-0.2, -0.15) is 5.10 Å². The second-order valence-corrected chi connectivity index (χ2v) is 7.21. The molecule has 1 aromatic heterocycles. The third-order valence-corrected chi connectivity index (χ3v) is 5.47. The van der Waals surface area contributed by atoms with Crippen LogP contribution in [0.25, 0.3) is 5.69 Å². The van der Waals surface area contributed by atoms with Gasteiger partial charge in [0.1, 0.15) is 5.15 Å². The predicted octanol–water partition coefficient (Wildman–Crippen LogP) is 4.65. The summed E-state index contributed by atoms with van der Waals surface area (Å²) in [6.45, 7) is 8.36. The van der Waals surface area contributed by atoms with Crippen molar-refractivity contribution >= 4 is 17.5 Å². The van der Waals surface area contributed by atoms with E-state index in [1.165, 1.54) is 5.56 Å². The number of benzene rings is 2. The first kappa shape index (κ1) is 21.1.